The first-order valence-electron chi connectivity index (χ1n) is 8.46. The summed E-state index contributed by atoms with van der Waals surface area (Å²) >= 11 is 0. The van der Waals surface area contributed by atoms with Gasteiger partial charge in [-0.2, -0.15) is 0 Å². The number of carbonyl (C=O) groups excluding carboxylic acids is 2. The van der Waals surface area contributed by atoms with Crippen molar-refractivity contribution in [2.24, 2.45) is 0 Å². The van der Waals surface area contributed by atoms with E-state index < -0.39 is 6.04 Å². The van der Waals surface area contributed by atoms with Crippen LogP contribution in [0.3, 0.4) is 0 Å². The number of morpholine rings is 1. The Morgan fingerprint density at radius 3 is 2.40 bits per heavy atom. The molecule has 0 aliphatic carbocycles. The molecule has 138 valence electrons. The van der Waals surface area contributed by atoms with Crippen molar-refractivity contribution < 1.29 is 18.7 Å². The van der Waals surface area contributed by atoms with Crippen LogP contribution in [-0.2, 0) is 14.3 Å². The molecule has 2 rings (SSSR count). The summed E-state index contributed by atoms with van der Waals surface area (Å²) in [5.41, 5.74) is 0.523. The molecule has 1 heterocycles. The number of rotatable bonds is 5. The van der Waals surface area contributed by atoms with Crippen molar-refractivity contribution in [2.45, 2.75) is 39.0 Å². The number of benzene rings is 1. The largest absolute Gasteiger partial charge is 0.372 e. The Balaban J connectivity index is 1.88. The van der Waals surface area contributed by atoms with E-state index in [0.29, 0.717) is 18.8 Å². The van der Waals surface area contributed by atoms with E-state index in [4.69, 9.17) is 4.74 Å². The van der Waals surface area contributed by atoms with Gasteiger partial charge in [0, 0.05) is 18.8 Å². The summed E-state index contributed by atoms with van der Waals surface area (Å²) < 4.78 is 18.5. The number of hydrogen-bond donors (Lipinski definition) is 1. The van der Waals surface area contributed by atoms with Gasteiger partial charge >= 0.3 is 0 Å². The van der Waals surface area contributed by atoms with Gasteiger partial charge in [-0.25, -0.2) is 4.39 Å². The number of anilines is 1. The smallest absolute Gasteiger partial charge is 0.239 e. The van der Waals surface area contributed by atoms with Crippen LogP contribution >= 0.6 is 0 Å². The molecule has 0 spiro atoms. The third kappa shape index (κ3) is 5.51. The maximum absolute atomic E-state index is 12.9. The highest BCUT2D eigenvalue weighted by atomic mass is 19.1. The van der Waals surface area contributed by atoms with E-state index in [1.807, 2.05) is 13.8 Å². The molecule has 0 bridgehead atoms. The summed E-state index contributed by atoms with van der Waals surface area (Å²) in [6, 6.07) is 5.14. The van der Waals surface area contributed by atoms with Crippen molar-refractivity contribution in [3.63, 3.8) is 0 Å². The van der Waals surface area contributed by atoms with Gasteiger partial charge in [0.25, 0.3) is 0 Å². The van der Waals surface area contributed by atoms with Crippen LogP contribution in [0.4, 0.5) is 10.1 Å². The molecule has 0 aromatic heterocycles. The number of carbonyl (C=O) groups is 2. The minimum absolute atomic E-state index is 0.00646. The number of likely N-dealkylation sites (N-methyl/N-ethyl adjacent to an activating group) is 1. The molecule has 1 aromatic carbocycles. The Morgan fingerprint density at radius 1 is 1.28 bits per heavy atom. The Hall–Kier alpha value is -1.99. The number of ether oxygens (including phenoxy) is 1. The summed E-state index contributed by atoms with van der Waals surface area (Å²) in [6.45, 7) is 6.87. The van der Waals surface area contributed by atoms with E-state index in [1.165, 1.54) is 24.3 Å². The summed E-state index contributed by atoms with van der Waals surface area (Å²) in [4.78, 5) is 28.3. The second-order valence-electron chi connectivity index (χ2n) is 6.65. The zero-order valence-electron chi connectivity index (χ0n) is 15.2. The van der Waals surface area contributed by atoms with Crippen molar-refractivity contribution in [3.8, 4) is 0 Å². The molecule has 0 unspecified atom stereocenters. The molecule has 0 radical (unpaired) electrons. The fourth-order valence-electron chi connectivity index (χ4n) is 2.91. The minimum atomic E-state index is -0.420. The van der Waals surface area contributed by atoms with Crippen molar-refractivity contribution in [1.29, 1.82) is 0 Å². The third-order valence-electron chi connectivity index (χ3n) is 4.27. The normalized spacial score (nSPS) is 21.9. The van der Waals surface area contributed by atoms with Gasteiger partial charge in [0.1, 0.15) is 5.82 Å². The van der Waals surface area contributed by atoms with Crippen molar-refractivity contribution in [1.82, 2.24) is 9.80 Å². The quantitative estimate of drug-likeness (QED) is 0.877. The van der Waals surface area contributed by atoms with Crippen LogP contribution in [0, 0.1) is 5.82 Å². The molecule has 25 heavy (non-hydrogen) atoms. The molecule has 1 aliphatic rings. The summed E-state index contributed by atoms with van der Waals surface area (Å²) in [5, 5.41) is 2.70. The van der Waals surface area contributed by atoms with Gasteiger partial charge < -0.3 is 15.0 Å². The molecule has 1 aliphatic heterocycles. The maximum Gasteiger partial charge on any atom is 0.239 e. The number of hydrogen-bond acceptors (Lipinski definition) is 4. The van der Waals surface area contributed by atoms with E-state index in [0.717, 1.165) is 0 Å². The van der Waals surface area contributed by atoms with Gasteiger partial charge in [0.15, 0.2) is 0 Å². The molecule has 1 aromatic rings. The lowest BCUT2D eigenvalue weighted by Gasteiger charge is -2.38. The molecular formula is C18H26FN3O3. The Kier molecular flexibility index (Phi) is 6.50. The predicted molar refractivity (Wildman–Crippen MR) is 93.7 cm³/mol. The molecule has 0 saturated carbocycles. The summed E-state index contributed by atoms with van der Waals surface area (Å²) in [6.07, 6.45) is 0.0129. The monoisotopic (exact) mass is 351 g/mol. The standard InChI is InChI=1S/C18H26FN3O3/c1-12-9-22(10-13(2)25-12)18(24)14(3)21(4)11-17(23)20-16-7-5-15(19)6-8-16/h5-8,12-14H,9-11H2,1-4H3,(H,20,23)/t12-,13-,14+/m1/s1. The van der Waals surface area contributed by atoms with Crippen molar-refractivity contribution in [3.05, 3.63) is 30.1 Å². The van der Waals surface area contributed by atoms with E-state index >= 15 is 0 Å². The van der Waals surface area contributed by atoms with Gasteiger partial charge in [-0.1, -0.05) is 0 Å². The topological polar surface area (TPSA) is 61.9 Å². The average Bonchev–Trinajstić information content (AvgIpc) is 2.54. The van der Waals surface area contributed by atoms with Crippen molar-refractivity contribution >= 4 is 17.5 Å². The lowest BCUT2D eigenvalue weighted by Crippen LogP contribution is -2.54. The first-order chi connectivity index (χ1) is 11.8. The van der Waals surface area contributed by atoms with Gasteiger partial charge in [0.05, 0.1) is 24.8 Å². The lowest BCUT2D eigenvalue weighted by atomic mass is 10.2. The highest BCUT2D eigenvalue weighted by molar-refractivity contribution is 5.92. The minimum Gasteiger partial charge on any atom is -0.372 e. The molecule has 1 N–H and O–H groups in total. The number of nitrogens with one attached hydrogen (secondary N) is 1. The van der Waals surface area contributed by atoms with Crippen LogP contribution in [0.2, 0.25) is 0 Å². The van der Waals surface area contributed by atoms with Gasteiger partial charge in [0.2, 0.25) is 11.8 Å². The Morgan fingerprint density at radius 2 is 1.84 bits per heavy atom. The first kappa shape index (κ1) is 19.3. The van der Waals surface area contributed by atoms with Crippen LogP contribution in [0.15, 0.2) is 24.3 Å². The first-order valence-corrected chi connectivity index (χ1v) is 8.46. The SMILES string of the molecule is C[C@@H]1CN(C(=O)[C@H](C)N(C)CC(=O)Nc2ccc(F)cc2)C[C@@H](C)O1. The lowest BCUT2D eigenvalue weighted by molar-refractivity contribution is -0.148. The molecule has 6 nitrogen and oxygen atoms in total. The van der Waals surface area contributed by atoms with Gasteiger partial charge in [-0.3, -0.25) is 14.5 Å². The van der Waals surface area contributed by atoms with Crippen molar-refractivity contribution in [2.75, 3.05) is 32.0 Å². The molecule has 7 heteroatoms. The molecule has 1 saturated heterocycles. The Bertz CT molecular complexity index is 598. The summed E-state index contributed by atoms with van der Waals surface area (Å²) in [7, 11) is 1.74. The molecular weight excluding hydrogens is 325 g/mol. The average molecular weight is 351 g/mol. The molecule has 3 atom stereocenters. The number of nitrogens with zero attached hydrogens (tertiary/aromatic N) is 2. The second kappa shape index (κ2) is 8.40. The van der Waals surface area contributed by atoms with E-state index in [9.17, 15) is 14.0 Å². The predicted octanol–water partition coefficient (Wildman–Crippen LogP) is 1.72. The molecule has 1 fully saturated rings. The number of halogens is 1. The highest BCUT2D eigenvalue weighted by Gasteiger charge is 2.30. The van der Waals surface area contributed by atoms with Crippen LogP contribution in [0.25, 0.3) is 0 Å². The maximum atomic E-state index is 12.9. The van der Waals surface area contributed by atoms with E-state index in [-0.39, 0.29) is 36.4 Å². The second-order valence-corrected chi connectivity index (χ2v) is 6.65. The van der Waals surface area contributed by atoms with E-state index in [2.05, 4.69) is 5.32 Å². The zero-order valence-corrected chi connectivity index (χ0v) is 15.2. The van der Waals surface area contributed by atoms with Crippen LogP contribution in [0.1, 0.15) is 20.8 Å². The van der Waals surface area contributed by atoms with Crippen LogP contribution in [-0.4, -0.2) is 66.5 Å². The highest BCUT2D eigenvalue weighted by Crippen LogP contribution is 2.14. The van der Waals surface area contributed by atoms with E-state index in [1.54, 1.807) is 23.8 Å². The number of amides is 2. The van der Waals surface area contributed by atoms with Gasteiger partial charge in [-0.15, -0.1) is 0 Å². The van der Waals surface area contributed by atoms with Crippen LogP contribution in [0.5, 0.6) is 0 Å². The van der Waals surface area contributed by atoms with Gasteiger partial charge in [-0.05, 0) is 52.1 Å². The zero-order chi connectivity index (χ0) is 18.6. The Labute approximate surface area is 147 Å². The third-order valence-corrected chi connectivity index (χ3v) is 4.27. The molecule has 2 amide bonds. The fraction of sp³-hybridized carbons (Fsp3) is 0.556. The fourth-order valence-corrected chi connectivity index (χ4v) is 2.91. The van der Waals surface area contributed by atoms with Crippen LogP contribution < -0.4 is 5.32 Å². The summed E-state index contributed by atoms with van der Waals surface area (Å²) in [5.74, 6) is -0.625.